The third-order valence-electron chi connectivity index (χ3n) is 2.27. The molecule has 78 valence electrons. The van der Waals surface area contributed by atoms with Gasteiger partial charge in [0.05, 0.1) is 23.8 Å². The number of rotatable bonds is 3. The molecule has 2 heterocycles. The van der Waals surface area contributed by atoms with Gasteiger partial charge in [-0.1, -0.05) is 11.3 Å². The lowest BCUT2D eigenvalue weighted by Gasteiger charge is -2.13. The van der Waals surface area contributed by atoms with Crippen molar-refractivity contribution < 1.29 is 4.74 Å². The molecule has 1 aliphatic heterocycles. The Balaban J connectivity index is 2.15. The number of nitrogens with two attached hydrogens (primary N) is 1. The highest BCUT2D eigenvalue weighted by molar-refractivity contribution is 7.15. The molecule has 0 amide bonds. The molecule has 0 unspecified atom stereocenters. The second-order valence-electron chi connectivity index (χ2n) is 3.38. The molecular weight excluding hydrogens is 198 g/mol. The maximum absolute atomic E-state index is 5.50. The molecule has 0 saturated heterocycles. The maximum Gasteiger partial charge on any atom is 0.185 e. The molecule has 0 fully saturated rings. The van der Waals surface area contributed by atoms with E-state index in [1.807, 2.05) is 7.05 Å². The van der Waals surface area contributed by atoms with Gasteiger partial charge in [0.15, 0.2) is 5.13 Å². The van der Waals surface area contributed by atoms with Crippen LogP contribution >= 0.6 is 11.3 Å². The highest BCUT2D eigenvalue weighted by Crippen LogP contribution is 2.28. The van der Waals surface area contributed by atoms with Crippen LogP contribution in [0, 0.1) is 0 Å². The Bertz CT molecular complexity index is 290. The van der Waals surface area contributed by atoms with Crippen molar-refractivity contribution in [3.63, 3.8) is 0 Å². The van der Waals surface area contributed by atoms with Crippen LogP contribution in [-0.2, 0) is 17.8 Å². The molecule has 0 bridgehead atoms. The molecule has 0 aliphatic carbocycles. The molecule has 1 aromatic heterocycles. The molecule has 1 aromatic rings. The molecule has 4 nitrogen and oxygen atoms in total. The van der Waals surface area contributed by atoms with Crippen LogP contribution in [0.1, 0.15) is 10.6 Å². The predicted octanol–water partition coefficient (Wildman–Crippen LogP) is 0.611. The fourth-order valence-electron chi connectivity index (χ4n) is 1.46. The van der Waals surface area contributed by atoms with Crippen LogP contribution in [0.15, 0.2) is 0 Å². The van der Waals surface area contributed by atoms with Crippen LogP contribution in [0.3, 0.4) is 0 Å². The first-order valence-electron chi connectivity index (χ1n) is 4.79. The number of anilines is 1. The molecule has 5 heteroatoms. The first-order chi connectivity index (χ1) is 6.81. The van der Waals surface area contributed by atoms with E-state index in [2.05, 4.69) is 9.88 Å². The van der Waals surface area contributed by atoms with Gasteiger partial charge < -0.3 is 15.4 Å². The molecule has 14 heavy (non-hydrogen) atoms. The largest absolute Gasteiger partial charge is 0.375 e. The van der Waals surface area contributed by atoms with Crippen LogP contribution in [0.25, 0.3) is 0 Å². The van der Waals surface area contributed by atoms with E-state index >= 15 is 0 Å². The normalized spacial score (nSPS) is 15.3. The minimum absolute atomic E-state index is 0.664. The van der Waals surface area contributed by atoms with Crippen LogP contribution in [-0.4, -0.2) is 31.7 Å². The van der Waals surface area contributed by atoms with Gasteiger partial charge in [-0.3, -0.25) is 0 Å². The first kappa shape index (κ1) is 9.89. The number of aromatic nitrogens is 1. The second-order valence-corrected chi connectivity index (χ2v) is 4.44. The lowest BCUT2D eigenvalue weighted by molar-refractivity contribution is 0.112. The van der Waals surface area contributed by atoms with Gasteiger partial charge in [-0.2, -0.15) is 0 Å². The van der Waals surface area contributed by atoms with E-state index in [4.69, 9.17) is 10.5 Å². The van der Waals surface area contributed by atoms with E-state index < -0.39 is 0 Å². The van der Waals surface area contributed by atoms with E-state index in [0.717, 1.165) is 31.3 Å². The van der Waals surface area contributed by atoms with Crippen LogP contribution < -0.4 is 10.6 Å². The minimum Gasteiger partial charge on any atom is -0.375 e. The number of hydrogen-bond acceptors (Lipinski definition) is 5. The van der Waals surface area contributed by atoms with Gasteiger partial charge >= 0.3 is 0 Å². The molecule has 0 radical (unpaired) electrons. The van der Waals surface area contributed by atoms with Crippen molar-refractivity contribution in [2.45, 2.75) is 13.0 Å². The van der Waals surface area contributed by atoms with Crippen LogP contribution in [0.4, 0.5) is 5.13 Å². The Hall–Kier alpha value is -0.650. The van der Waals surface area contributed by atoms with E-state index in [1.54, 1.807) is 11.3 Å². The minimum atomic E-state index is 0.664. The number of thiazole rings is 1. The molecule has 2 N–H and O–H groups in total. The summed E-state index contributed by atoms with van der Waals surface area (Å²) < 4.78 is 5.38. The zero-order chi connectivity index (χ0) is 9.97. The Morgan fingerprint density at radius 3 is 3.21 bits per heavy atom. The Morgan fingerprint density at radius 1 is 1.64 bits per heavy atom. The van der Waals surface area contributed by atoms with E-state index in [-0.39, 0.29) is 0 Å². The highest BCUT2D eigenvalue weighted by Gasteiger charge is 2.16. The van der Waals surface area contributed by atoms with E-state index in [0.29, 0.717) is 6.54 Å². The van der Waals surface area contributed by atoms with E-state index in [1.165, 1.54) is 10.6 Å². The summed E-state index contributed by atoms with van der Waals surface area (Å²) in [5.41, 5.74) is 6.71. The Kier molecular flexibility index (Phi) is 3.00. The van der Waals surface area contributed by atoms with Gasteiger partial charge in [-0.25, -0.2) is 4.98 Å². The Labute approximate surface area is 87.7 Å². The van der Waals surface area contributed by atoms with Crippen molar-refractivity contribution in [3.8, 4) is 0 Å². The van der Waals surface area contributed by atoms with Crippen molar-refractivity contribution in [2.75, 3.05) is 31.6 Å². The third kappa shape index (κ3) is 1.89. The molecule has 0 atom stereocenters. The number of hydrogen-bond donors (Lipinski definition) is 1. The number of likely N-dealkylation sites (N-methyl/N-ethyl adjacent to an activating group) is 1. The standard InChI is InChI=1S/C9H15N3OS/c1-12(4-3-10)9-11-7-2-5-13-6-8(7)14-9/h2-6,10H2,1H3. The maximum atomic E-state index is 5.50. The van der Waals surface area contributed by atoms with Crippen molar-refractivity contribution in [1.82, 2.24) is 4.98 Å². The average molecular weight is 213 g/mol. The van der Waals surface area contributed by atoms with Crippen molar-refractivity contribution in [3.05, 3.63) is 10.6 Å². The van der Waals surface area contributed by atoms with Gasteiger partial charge in [-0.05, 0) is 0 Å². The fraction of sp³-hybridized carbons (Fsp3) is 0.667. The lowest BCUT2D eigenvalue weighted by atomic mass is 10.2. The summed E-state index contributed by atoms with van der Waals surface area (Å²) in [5.74, 6) is 0. The van der Waals surface area contributed by atoms with Crippen molar-refractivity contribution in [2.24, 2.45) is 5.73 Å². The first-order valence-corrected chi connectivity index (χ1v) is 5.60. The summed E-state index contributed by atoms with van der Waals surface area (Å²) in [5, 5.41) is 1.06. The molecule has 0 saturated carbocycles. The van der Waals surface area contributed by atoms with Crippen LogP contribution in [0.5, 0.6) is 0 Å². The number of fused-ring (bicyclic) bond motifs is 1. The fourth-order valence-corrected chi connectivity index (χ4v) is 2.50. The second kappa shape index (κ2) is 4.25. The van der Waals surface area contributed by atoms with Gasteiger partial charge in [-0.15, -0.1) is 0 Å². The lowest BCUT2D eigenvalue weighted by Crippen LogP contribution is -2.24. The van der Waals surface area contributed by atoms with Gasteiger partial charge in [0.25, 0.3) is 0 Å². The van der Waals surface area contributed by atoms with E-state index in [9.17, 15) is 0 Å². The highest BCUT2D eigenvalue weighted by atomic mass is 32.1. The number of nitrogens with zero attached hydrogens (tertiary/aromatic N) is 2. The van der Waals surface area contributed by atoms with Crippen molar-refractivity contribution >= 4 is 16.5 Å². The smallest absolute Gasteiger partial charge is 0.185 e. The summed E-state index contributed by atoms with van der Waals surface area (Å²) in [6, 6.07) is 0. The van der Waals surface area contributed by atoms with Crippen LogP contribution in [0.2, 0.25) is 0 Å². The van der Waals surface area contributed by atoms with Crippen molar-refractivity contribution in [1.29, 1.82) is 0 Å². The summed E-state index contributed by atoms with van der Waals surface area (Å²) in [6.07, 6.45) is 0.947. The third-order valence-corrected chi connectivity index (χ3v) is 3.46. The molecule has 0 spiro atoms. The molecule has 1 aliphatic rings. The summed E-state index contributed by atoms with van der Waals surface area (Å²) in [6.45, 7) is 3.05. The average Bonchev–Trinajstić information content (AvgIpc) is 2.61. The summed E-state index contributed by atoms with van der Waals surface area (Å²) in [4.78, 5) is 7.95. The molecule has 2 rings (SSSR count). The molecule has 0 aromatic carbocycles. The summed E-state index contributed by atoms with van der Waals surface area (Å²) in [7, 11) is 2.03. The topological polar surface area (TPSA) is 51.4 Å². The quantitative estimate of drug-likeness (QED) is 0.799. The summed E-state index contributed by atoms with van der Waals surface area (Å²) >= 11 is 1.72. The monoisotopic (exact) mass is 213 g/mol. The SMILES string of the molecule is CN(CCN)c1nc2c(s1)COCC2. The number of ether oxygens (including phenoxy) is 1. The zero-order valence-electron chi connectivity index (χ0n) is 8.32. The predicted molar refractivity (Wildman–Crippen MR) is 57.8 cm³/mol. The zero-order valence-corrected chi connectivity index (χ0v) is 9.14. The Morgan fingerprint density at radius 2 is 2.50 bits per heavy atom. The van der Waals surface area contributed by atoms with Gasteiger partial charge in [0.1, 0.15) is 0 Å². The van der Waals surface area contributed by atoms with Gasteiger partial charge in [0, 0.05) is 26.6 Å². The molecular formula is C9H15N3OS. The van der Waals surface area contributed by atoms with Gasteiger partial charge in [0.2, 0.25) is 0 Å².